The summed E-state index contributed by atoms with van der Waals surface area (Å²) in [4.78, 5) is 24.1. The van der Waals surface area contributed by atoms with Crippen molar-refractivity contribution in [2.24, 2.45) is 5.92 Å². The lowest BCUT2D eigenvalue weighted by atomic mass is 10.0. The summed E-state index contributed by atoms with van der Waals surface area (Å²) in [6, 6.07) is 5.82. The smallest absolute Gasteiger partial charge is 0.408 e. The zero-order chi connectivity index (χ0) is 25.5. The number of nitriles is 1. The minimum absolute atomic E-state index is 0.0158. The third kappa shape index (κ3) is 5.22. The molecule has 4 rings (SSSR count). The zero-order valence-corrected chi connectivity index (χ0v) is 19.4. The van der Waals surface area contributed by atoms with Gasteiger partial charge in [0.15, 0.2) is 17.2 Å². The second-order valence-corrected chi connectivity index (χ2v) is 8.84. The number of hydrogen-bond acceptors (Lipinski definition) is 7. The molecule has 1 aromatic carbocycles. The van der Waals surface area contributed by atoms with Crippen LogP contribution in [-0.2, 0) is 0 Å². The number of alkyl halides is 3. The van der Waals surface area contributed by atoms with Crippen molar-refractivity contribution in [3.05, 3.63) is 51.9 Å². The highest BCUT2D eigenvalue weighted by atomic mass is 35.5. The molecule has 0 bridgehead atoms. The van der Waals surface area contributed by atoms with Gasteiger partial charge in [-0.15, -0.1) is 0 Å². The van der Waals surface area contributed by atoms with Crippen LogP contribution in [0.4, 0.5) is 24.7 Å². The molecule has 2 atom stereocenters. The van der Waals surface area contributed by atoms with Crippen molar-refractivity contribution in [3.63, 3.8) is 0 Å². The van der Waals surface area contributed by atoms with Crippen molar-refractivity contribution < 1.29 is 23.1 Å². The first kappa shape index (κ1) is 24.5. The fourth-order valence-electron chi connectivity index (χ4n) is 3.91. The molecule has 0 amide bonds. The highest BCUT2D eigenvalue weighted by molar-refractivity contribution is 6.29. The Morgan fingerprint density at radius 1 is 1.23 bits per heavy atom. The number of anilines is 2. The lowest BCUT2D eigenvalue weighted by Gasteiger charge is -2.23. The van der Waals surface area contributed by atoms with Crippen molar-refractivity contribution in [1.82, 2.24) is 15.0 Å². The number of carboxylic acid groups (broad SMARTS) is 1. The highest BCUT2D eigenvalue weighted by Gasteiger charge is 2.49. The Bertz CT molecular complexity index is 1350. The molecular weight excluding hydrogens is 485 g/mol. The summed E-state index contributed by atoms with van der Waals surface area (Å²) in [6.45, 7) is 3.54. The fourth-order valence-corrected chi connectivity index (χ4v) is 4.06. The molecular formula is C23H20ClF3N6O2. The summed E-state index contributed by atoms with van der Waals surface area (Å²) in [6.07, 6.45) is -3.64. The van der Waals surface area contributed by atoms with Gasteiger partial charge in [-0.1, -0.05) is 17.7 Å². The average Bonchev–Trinajstić information content (AvgIpc) is 3.61. The van der Waals surface area contributed by atoms with E-state index in [1.807, 2.05) is 6.07 Å². The van der Waals surface area contributed by atoms with Gasteiger partial charge in [0.05, 0.1) is 22.8 Å². The SMILES string of the molecule is Cc1cc([C@@H](C)Nc2ccc(Cl)nc2C(=O)O)c2nc(NC(C3CC3)C(F)(F)F)c(C#N)nc2c1. The van der Waals surface area contributed by atoms with Crippen molar-refractivity contribution in [3.8, 4) is 6.07 Å². The topological polar surface area (TPSA) is 124 Å². The average molecular weight is 505 g/mol. The van der Waals surface area contributed by atoms with Gasteiger partial charge in [0, 0.05) is 5.56 Å². The molecule has 0 spiro atoms. The Hall–Kier alpha value is -3.65. The van der Waals surface area contributed by atoms with Crippen LogP contribution in [0.25, 0.3) is 11.0 Å². The number of rotatable bonds is 7. The fraction of sp³-hybridized carbons (Fsp3) is 0.348. The second-order valence-electron chi connectivity index (χ2n) is 8.46. The Balaban J connectivity index is 1.78. The third-order valence-electron chi connectivity index (χ3n) is 5.69. The van der Waals surface area contributed by atoms with Gasteiger partial charge in [0.1, 0.15) is 17.3 Å². The summed E-state index contributed by atoms with van der Waals surface area (Å²) in [7, 11) is 0. The van der Waals surface area contributed by atoms with E-state index >= 15 is 0 Å². The van der Waals surface area contributed by atoms with E-state index in [1.54, 1.807) is 26.0 Å². The van der Waals surface area contributed by atoms with E-state index in [9.17, 15) is 28.3 Å². The normalized spacial score (nSPS) is 15.3. The molecule has 1 aliphatic rings. The number of fused-ring (bicyclic) bond motifs is 1. The van der Waals surface area contributed by atoms with Gasteiger partial charge < -0.3 is 15.7 Å². The first-order valence-corrected chi connectivity index (χ1v) is 11.1. The molecule has 12 heteroatoms. The molecule has 2 heterocycles. The number of aromatic carboxylic acids is 1. The minimum Gasteiger partial charge on any atom is -0.476 e. The van der Waals surface area contributed by atoms with E-state index < -0.39 is 30.1 Å². The Morgan fingerprint density at radius 3 is 2.54 bits per heavy atom. The molecule has 3 aromatic rings. The largest absolute Gasteiger partial charge is 0.476 e. The number of benzene rings is 1. The first-order valence-electron chi connectivity index (χ1n) is 10.7. The molecule has 0 radical (unpaired) electrons. The lowest BCUT2D eigenvalue weighted by molar-refractivity contribution is -0.146. The molecule has 1 aliphatic carbocycles. The van der Waals surface area contributed by atoms with E-state index in [1.165, 1.54) is 12.1 Å². The van der Waals surface area contributed by atoms with Crippen molar-refractivity contribution in [2.45, 2.75) is 44.9 Å². The number of carbonyl (C=O) groups is 1. The predicted octanol–water partition coefficient (Wildman–Crippen LogP) is 5.48. The van der Waals surface area contributed by atoms with Crippen LogP contribution < -0.4 is 10.6 Å². The number of aryl methyl sites for hydroxylation is 1. The number of nitrogens with one attached hydrogen (secondary N) is 2. The third-order valence-corrected chi connectivity index (χ3v) is 5.90. The number of pyridine rings is 1. The number of nitrogens with zero attached hydrogens (tertiary/aromatic N) is 4. The van der Waals surface area contributed by atoms with Gasteiger partial charge >= 0.3 is 12.1 Å². The van der Waals surface area contributed by atoms with Crippen LogP contribution in [0.1, 0.15) is 53.1 Å². The van der Waals surface area contributed by atoms with Crippen molar-refractivity contribution in [2.75, 3.05) is 10.6 Å². The van der Waals surface area contributed by atoms with E-state index in [0.717, 1.165) is 5.56 Å². The van der Waals surface area contributed by atoms with E-state index in [0.29, 0.717) is 23.9 Å². The van der Waals surface area contributed by atoms with E-state index in [2.05, 4.69) is 25.6 Å². The summed E-state index contributed by atoms with van der Waals surface area (Å²) < 4.78 is 40.8. The molecule has 3 N–H and O–H groups in total. The molecule has 2 aromatic heterocycles. The van der Waals surface area contributed by atoms with Crippen LogP contribution in [0.15, 0.2) is 24.3 Å². The highest BCUT2D eigenvalue weighted by Crippen LogP contribution is 2.42. The monoisotopic (exact) mass is 504 g/mol. The van der Waals surface area contributed by atoms with Gasteiger partial charge in [0.2, 0.25) is 0 Å². The van der Waals surface area contributed by atoms with Gasteiger partial charge in [-0.05, 0) is 56.4 Å². The first-order chi connectivity index (χ1) is 16.5. The summed E-state index contributed by atoms with van der Waals surface area (Å²) in [5, 5.41) is 24.5. The molecule has 1 fully saturated rings. The minimum atomic E-state index is -4.51. The molecule has 35 heavy (non-hydrogen) atoms. The molecule has 1 unspecified atom stereocenters. The van der Waals surface area contributed by atoms with E-state index in [4.69, 9.17) is 11.6 Å². The van der Waals surface area contributed by atoms with Crippen LogP contribution in [0.3, 0.4) is 0 Å². The van der Waals surface area contributed by atoms with Crippen molar-refractivity contribution in [1.29, 1.82) is 5.26 Å². The van der Waals surface area contributed by atoms with Gasteiger partial charge in [0.25, 0.3) is 0 Å². The predicted molar refractivity (Wildman–Crippen MR) is 123 cm³/mol. The maximum absolute atomic E-state index is 13.6. The maximum atomic E-state index is 13.6. The summed E-state index contributed by atoms with van der Waals surface area (Å²) >= 11 is 5.83. The molecule has 1 saturated carbocycles. The van der Waals surface area contributed by atoms with Gasteiger partial charge in [-0.2, -0.15) is 18.4 Å². The van der Waals surface area contributed by atoms with Crippen LogP contribution in [0, 0.1) is 24.2 Å². The summed E-state index contributed by atoms with van der Waals surface area (Å²) in [5.41, 5.74) is 1.64. The second kappa shape index (κ2) is 9.19. The number of halogens is 4. The van der Waals surface area contributed by atoms with Crippen LogP contribution in [0.5, 0.6) is 0 Å². The Kier molecular flexibility index (Phi) is 6.42. The molecule has 0 saturated heterocycles. The zero-order valence-electron chi connectivity index (χ0n) is 18.6. The van der Waals surface area contributed by atoms with Gasteiger partial charge in [-0.25, -0.2) is 19.7 Å². The number of aromatic nitrogens is 3. The van der Waals surface area contributed by atoms with E-state index in [-0.39, 0.29) is 33.6 Å². The summed E-state index contributed by atoms with van der Waals surface area (Å²) in [5.74, 6) is -2.10. The molecule has 182 valence electrons. The van der Waals surface area contributed by atoms with Crippen LogP contribution in [0.2, 0.25) is 5.15 Å². The van der Waals surface area contributed by atoms with Crippen molar-refractivity contribution >= 4 is 40.1 Å². The number of carboxylic acids is 1. The van der Waals surface area contributed by atoms with Crippen LogP contribution in [-0.4, -0.2) is 38.2 Å². The lowest BCUT2D eigenvalue weighted by Crippen LogP contribution is -2.38. The Labute approximate surface area is 203 Å². The molecule has 0 aliphatic heterocycles. The van der Waals surface area contributed by atoms with Crippen LogP contribution >= 0.6 is 11.6 Å². The quantitative estimate of drug-likeness (QED) is 0.361. The Morgan fingerprint density at radius 2 is 1.94 bits per heavy atom. The van der Waals surface area contributed by atoms with Gasteiger partial charge in [-0.3, -0.25) is 0 Å². The molecule has 8 nitrogen and oxygen atoms in total. The standard InChI is InChI=1S/C23H20ClF3N6O2/c1-10-7-13(11(2)29-14-5-6-17(24)31-19(14)22(34)35)18-15(8-10)30-16(9-28)21(32-18)33-20(12-3-4-12)23(25,26)27/h5-8,11-12,20,29H,3-4H2,1-2H3,(H,32,33)(H,34,35)/t11-,20?/m1/s1. The number of hydrogen-bond donors (Lipinski definition) is 3. The maximum Gasteiger partial charge on any atom is 0.408 e.